The first kappa shape index (κ1) is 25.5. The predicted molar refractivity (Wildman–Crippen MR) is 141 cm³/mol. The van der Waals surface area contributed by atoms with Crippen molar-refractivity contribution in [3.63, 3.8) is 0 Å². The number of nitrogens with one attached hydrogen (secondary N) is 1. The molecule has 3 aromatic carbocycles. The Labute approximate surface area is 215 Å². The van der Waals surface area contributed by atoms with Gasteiger partial charge in [-0.25, -0.2) is 0 Å². The van der Waals surface area contributed by atoms with E-state index in [9.17, 15) is 19.5 Å². The van der Waals surface area contributed by atoms with Gasteiger partial charge in [-0.2, -0.15) is 0 Å². The van der Waals surface area contributed by atoms with Crippen LogP contribution in [-0.4, -0.2) is 35.9 Å². The van der Waals surface area contributed by atoms with Crippen LogP contribution in [0.1, 0.15) is 37.9 Å². The third kappa shape index (κ3) is 5.18. The average molecular weight is 501 g/mol. The molecule has 8 heteroatoms. The maximum absolute atomic E-state index is 13.4. The zero-order valence-electron chi connectivity index (χ0n) is 21.0. The highest BCUT2D eigenvalue weighted by atomic mass is 16.5. The van der Waals surface area contributed by atoms with E-state index in [4.69, 9.17) is 9.47 Å². The van der Waals surface area contributed by atoms with Crippen molar-refractivity contribution < 1.29 is 29.0 Å². The van der Waals surface area contributed by atoms with Crippen LogP contribution >= 0.6 is 0 Å². The average Bonchev–Trinajstić information content (AvgIpc) is 3.14. The summed E-state index contributed by atoms with van der Waals surface area (Å²) >= 11 is 0. The number of benzene rings is 3. The number of Topliss-reactive ketones (excluding diaryl/α,β-unsaturated/α-hetero) is 1. The van der Waals surface area contributed by atoms with Crippen LogP contribution in [0.25, 0.3) is 5.76 Å². The zero-order valence-corrected chi connectivity index (χ0v) is 21.0. The summed E-state index contributed by atoms with van der Waals surface area (Å²) in [6.45, 7) is 5.21. The summed E-state index contributed by atoms with van der Waals surface area (Å²) < 4.78 is 11.2. The summed E-state index contributed by atoms with van der Waals surface area (Å²) in [5, 5.41) is 14.0. The maximum Gasteiger partial charge on any atom is 0.300 e. The minimum absolute atomic E-state index is 0.0210. The summed E-state index contributed by atoms with van der Waals surface area (Å²) in [6.07, 6.45) is -0.0210. The molecule has 0 aliphatic carbocycles. The molecule has 4 rings (SSSR count). The van der Waals surface area contributed by atoms with Gasteiger partial charge in [0, 0.05) is 29.4 Å². The van der Waals surface area contributed by atoms with Crippen molar-refractivity contribution in [2.24, 2.45) is 0 Å². The summed E-state index contributed by atoms with van der Waals surface area (Å²) in [7, 11) is 1.50. The molecule has 1 unspecified atom stereocenters. The van der Waals surface area contributed by atoms with Crippen LogP contribution in [0.4, 0.5) is 11.4 Å². The molecule has 0 aromatic heterocycles. The van der Waals surface area contributed by atoms with Gasteiger partial charge in [-0.1, -0.05) is 18.2 Å². The van der Waals surface area contributed by atoms with Gasteiger partial charge in [0.2, 0.25) is 5.91 Å². The molecule has 37 heavy (non-hydrogen) atoms. The van der Waals surface area contributed by atoms with E-state index in [-0.39, 0.29) is 23.3 Å². The number of carbonyl (C=O) groups is 3. The molecule has 1 saturated heterocycles. The molecule has 190 valence electrons. The van der Waals surface area contributed by atoms with Gasteiger partial charge in [-0.15, -0.1) is 0 Å². The number of para-hydroxylation sites is 1. The molecular weight excluding hydrogens is 472 g/mol. The maximum atomic E-state index is 13.4. The second kappa shape index (κ2) is 10.6. The Kier molecular flexibility index (Phi) is 7.29. The second-order valence-corrected chi connectivity index (χ2v) is 8.83. The lowest BCUT2D eigenvalue weighted by atomic mass is 9.94. The lowest BCUT2D eigenvalue weighted by Crippen LogP contribution is -2.29. The highest BCUT2D eigenvalue weighted by Gasteiger charge is 2.47. The molecule has 0 saturated carbocycles. The van der Waals surface area contributed by atoms with E-state index in [1.165, 1.54) is 18.9 Å². The molecule has 1 aliphatic rings. The lowest BCUT2D eigenvalue weighted by molar-refractivity contribution is -0.132. The number of aliphatic hydroxyl groups excluding tert-OH is 1. The number of carbonyl (C=O) groups excluding carboxylic acids is 3. The van der Waals surface area contributed by atoms with Gasteiger partial charge < -0.3 is 19.9 Å². The smallest absolute Gasteiger partial charge is 0.300 e. The van der Waals surface area contributed by atoms with Gasteiger partial charge in [0.1, 0.15) is 17.3 Å². The molecule has 0 bridgehead atoms. The SMILES string of the molecule is COc1ccccc1C1/C(=C(/O)c2ccc(OC(C)C)cc2)C(=O)C(=O)N1c1ccc(NC(C)=O)cc1. The van der Waals surface area contributed by atoms with E-state index in [1.54, 1.807) is 72.8 Å². The van der Waals surface area contributed by atoms with Crippen LogP contribution in [-0.2, 0) is 14.4 Å². The Bertz CT molecular complexity index is 1360. The van der Waals surface area contributed by atoms with Gasteiger partial charge in [-0.05, 0) is 68.4 Å². The second-order valence-electron chi connectivity index (χ2n) is 8.83. The molecule has 1 atom stereocenters. The number of hydrogen-bond donors (Lipinski definition) is 2. The number of hydrogen-bond acceptors (Lipinski definition) is 6. The Morgan fingerprint density at radius 3 is 2.22 bits per heavy atom. The lowest BCUT2D eigenvalue weighted by Gasteiger charge is -2.26. The van der Waals surface area contributed by atoms with Gasteiger partial charge >= 0.3 is 0 Å². The van der Waals surface area contributed by atoms with Gasteiger partial charge in [0.05, 0.1) is 24.8 Å². The van der Waals surface area contributed by atoms with Crippen molar-refractivity contribution in [2.45, 2.75) is 32.9 Å². The Hall–Kier alpha value is -4.59. The number of aliphatic hydroxyl groups is 1. The van der Waals surface area contributed by atoms with Crippen molar-refractivity contribution in [2.75, 3.05) is 17.3 Å². The van der Waals surface area contributed by atoms with Gasteiger partial charge in [-0.3, -0.25) is 19.3 Å². The van der Waals surface area contributed by atoms with Crippen LogP contribution in [0.3, 0.4) is 0 Å². The van der Waals surface area contributed by atoms with E-state index < -0.39 is 17.7 Å². The van der Waals surface area contributed by atoms with Crippen molar-refractivity contribution in [3.8, 4) is 11.5 Å². The van der Waals surface area contributed by atoms with Crippen LogP contribution in [0.2, 0.25) is 0 Å². The largest absolute Gasteiger partial charge is 0.507 e. The van der Waals surface area contributed by atoms with Crippen molar-refractivity contribution in [3.05, 3.63) is 89.5 Å². The monoisotopic (exact) mass is 500 g/mol. The number of amides is 2. The molecule has 1 heterocycles. The summed E-state index contributed by atoms with van der Waals surface area (Å²) in [5.74, 6) is -1.06. The summed E-state index contributed by atoms with van der Waals surface area (Å²) in [4.78, 5) is 39.5. The predicted octanol–water partition coefficient (Wildman–Crippen LogP) is 5.07. The van der Waals surface area contributed by atoms with Crippen molar-refractivity contribution in [1.82, 2.24) is 0 Å². The molecule has 1 fully saturated rings. The van der Waals surface area contributed by atoms with E-state index in [1.807, 2.05) is 13.8 Å². The molecular formula is C29H28N2O6. The van der Waals surface area contributed by atoms with Gasteiger partial charge in [0.15, 0.2) is 0 Å². The van der Waals surface area contributed by atoms with E-state index in [2.05, 4.69) is 5.32 Å². The quantitative estimate of drug-likeness (QED) is 0.267. The Morgan fingerprint density at radius 2 is 1.62 bits per heavy atom. The normalized spacial score (nSPS) is 16.7. The summed E-state index contributed by atoms with van der Waals surface area (Å²) in [6, 6.07) is 19.3. The number of ether oxygens (including phenoxy) is 2. The minimum Gasteiger partial charge on any atom is -0.507 e. The summed E-state index contributed by atoms with van der Waals surface area (Å²) in [5.41, 5.74) is 1.82. The first-order chi connectivity index (χ1) is 17.7. The third-order valence-corrected chi connectivity index (χ3v) is 5.84. The highest BCUT2D eigenvalue weighted by Crippen LogP contribution is 2.45. The van der Waals surface area contributed by atoms with Crippen molar-refractivity contribution >= 4 is 34.7 Å². The number of anilines is 2. The van der Waals surface area contributed by atoms with Crippen LogP contribution in [0.5, 0.6) is 11.5 Å². The minimum atomic E-state index is -0.950. The molecule has 2 amide bonds. The first-order valence-corrected chi connectivity index (χ1v) is 11.8. The molecule has 1 aliphatic heterocycles. The molecule has 0 spiro atoms. The van der Waals surface area contributed by atoms with Crippen molar-refractivity contribution in [1.29, 1.82) is 0 Å². The third-order valence-electron chi connectivity index (χ3n) is 5.84. The van der Waals surface area contributed by atoms with E-state index in [0.29, 0.717) is 34.0 Å². The highest BCUT2D eigenvalue weighted by molar-refractivity contribution is 6.51. The van der Waals surface area contributed by atoms with Gasteiger partial charge in [0.25, 0.3) is 11.7 Å². The number of nitrogens with zero attached hydrogens (tertiary/aromatic N) is 1. The topological polar surface area (TPSA) is 105 Å². The molecule has 8 nitrogen and oxygen atoms in total. The fourth-order valence-corrected chi connectivity index (χ4v) is 4.31. The number of rotatable bonds is 7. The first-order valence-electron chi connectivity index (χ1n) is 11.8. The van der Waals surface area contributed by atoms with Crippen LogP contribution in [0.15, 0.2) is 78.4 Å². The number of ketones is 1. The fourth-order valence-electron chi connectivity index (χ4n) is 4.31. The standard InChI is InChI=1S/C29H28N2O6/c1-17(2)37-22-15-9-19(10-16-22)27(33)25-26(23-7-5-6-8-24(23)36-4)31(29(35)28(25)34)21-13-11-20(12-14-21)30-18(3)32/h5-17,26,33H,1-4H3,(H,30,32)/b27-25-. The Morgan fingerprint density at radius 1 is 0.973 bits per heavy atom. The molecule has 0 radical (unpaired) electrons. The van der Waals surface area contributed by atoms with E-state index in [0.717, 1.165) is 0 Å². The Balaban J connectivity index is 1.86. The number of methoxy groups -OCH3 is 1. The molecule has 3 aromatic rings. The molecule has 2 N–H and O–H groups in total. The fraction of sp³-hybridized carbons (Fsp3) is 0.207. The zero-order chi connectivity index (χ0) is 26.7. The van der Waals surface area contributed by atoms with E-state index >= 15 is 0 Å². The van der Waals surface area contributed by atoms with Crippen LogP contribution in [0, 0.1) is 0 Å². The van der Waals surface area contributed by atoms with Crippen LogP contribution < -0.4 is 19.7 Å².